The van der Waals surface area contributed by atoms with Gasteiger partial charge in [0, 0.05) is 44.2 Å². The predicted molar refractivity (Wildman–Crippen MR) is 120 cm³/mol. The normalized spacial score (nSPS) is 11.7. The van der Waals surface area contributed by atoms with Crippen molar-refractivity contribution in [3.05, 3.63) is 70.7 Å². The Balaban J connectivity index is 2.20. The fourth-order valence-corrected chi connectivity index (χ4v) is 3.32. The van der Waals surface area contributed by atoms with Crippen molar-refractivity contribution in [3.8, 4) is 0 Å². The van der Waals surface area contributed by atoms with Crippen molar-refractivity contribution in [2.45, 2.75) is 45.7 Å². The Kier molecular flexibility index (Phi) is 10.4. The lowest BCUT2D eigenvalue weighted by Gasteiger charge is -2.31. The van der Waals surface area contributed by atoms with Crippen molar-refractivity contribution in [3.63, 3.8) is 0 Å². The van der Waals surface area contributed by atoms with Gasteiger partial charge in [0.15, 0.2) is 0 Å². The first-order chi connectivity index (χ1) is 14.5. The van der Waals surface area contributed by atoms with Crippen LogP contribution in [0.4, 0.5) is 0 Å². The Morgan fingerprint density at radius 3 is 2.37 bits per heavy atom. The molecule has 0 aliphatic rings. The largest absolute Gasteiger partial charge is 0.382 e. The average Bonchev–Trinajstić information content (AvgIpc) is 2.77. The summed E-state index contributed by atoms with van der Waals surface area (Å²) in [6.45, 7) is 5.89. The van der Waals surface area contributed by atoms with Crippen molar-refractivity contribution < 1.29 is 14.3 Å². The molecule has 0 radical (unpaired) electrons. The van der Waals surface area contributed by atoms with Gasteiger partial charge in [-0.05, 0) is 36.6 Å². The van der Waals surface area contributed by atoms with Gasteiger partial charge in [-0.2, -0.15) is 0 Å². The first kappa shape index (κ1) is 23.9. The molecule has 0 spiro atoms. The van der Waals surface area contributed by atoms with Crippen LogP contribution in [0.2, 0.25) is 5.02 Å². The molecule has 162 valence electrons. The van der Waals surface area contributed by atoms with Crippen LogP contribution in [0, 0.1) is 0 Å². The zero-order valence-electron chi connectivity index (χ0n) is 17.8. The smallest absolute Gasteiger partial charge is 0.243 e. The molecule has 5 nitrogen and oxygen atoms in total. The third-order valence-corrected chi connectivity index (χ3v) is 5.06. The van der Waals surface area contributed by atoms with Crippen LogP contribution in [-0.4, -0.2) is 42.5 Å². The summed E-state index contributed by atoms with van der Waals surface area (Å²) < 4.78 is 5.34. The summed E-state index contributed by atoms with van der Waals surface area (Å²) >= 11 is 6.00. The monoisotopic (exact) mass is 430 g/mol. The van der Waals surface area contributed by atoms with E-state index in [1.807, 2.05) is 56.3 Å². The third-order valence-electron chi connectivity index (χ3n) is 4.81. The molecule has 0 aliphatic carbocycles. The highest BCUT2D eigenvalue weighted by Crippen LogP contribution is 2.17. The minimum absolute atomic E-state index is 0.0599. The number of hydrogen-bond donors (Lipinski definition) is 1. The molecule has 0 heterocycles. The standard InChI is InChI=1S/C24H31ClN2O3/c1-3-23(28)27(18-20-11-13-21(25)14-12-20)22(17-19-9-6-5-7-10-19)24(29)26-15-8-16-30-4-2/h5-7,9-14,22H,3-4,8,15-18H2,1-2H3,(H,26,29). The van der Waals surface area contributed by atoms with Gasteiger partial charge in [0.2, 0.25) is 11.8 Å². The minimum atomic E-state index is -0.595. The van der Waals surface area contributed by atoms with Crippen LogP contribution in [0.15, 0.2) is 54.6 Å². The van der Waals surface area contributed by atoms with Crippen LogP contribution < -0.4 is 5.32 Å². The maximum atomic E-state index is 13.1. The molecule has 0 saturated carbocycles. The van der Waals surface area contributed by atoms with Gasteiger partial charge >= 0.3 is 0 Å². The summed E-state index contributed by atoms with van der Waals surface area (Å²) in [5, 5.41) is 3.62. The van der Waals surface area contributed by atoms with Crippen LogP contribution in [0.5, 0.6) is 0 Å². The number of rotatable bonds is 12. The van der Waals surface area contributed by atoms with Gasteiger partial charge in [0.25, 0.3) is 0 Å². The van der Waals surface area contributed by atoms with E-state index in [1.54, 1.807) is 17.0 Å². The highest BCUT2D eigenvalue weighted by atomic mass is 35.5. The lowest BCUT2D eigenvalue weighted by Crippen LogP contribution is -2.50. The van der Waals surface area contributed by atoms with E-state index in [0.717, 1.165) is 17.5 Å². The molecule has 2 amide bonds. The molecule has 2 aromatic rings. The van der Waals surface area contributed by atoms with Crippen molar-refractivity contribution in [1.82, 2.24) is 10.2 Å². The molecule has 1 atom stereocenters. The molecule has 0 aromatic heterocycles. The van der Waals surface area contributed by atoms with Gasteiger partial charge in [-0.25, -0.2) is 0 Å². The topological polar surface area (TPSA) is 58.6 Å². The van der Waals surface area contributed by atoms with Crippen molar-refractivity contribution >= 4 is 23.4 Å². The van der Waals surface area contributed by atoms with Gasteiger partial charge in [0.1, 0.15) is 6.04 Å². The third kappa shape index (κ3) is 7.81. The van der Waals surface area contributed by atoms with E-state index >= 15 is 0 Å². The average molecular weight is 431 g/mol. The highest BCUT2D eigenvalue weighted by Gasteiger charge is 2.29. The molecule has 6 heteroatoms. The second-order valence-electron chi connectivity index (χ2n) is 7.05. The number of halogens is 1. The molecule has 2 aromatic carbocycles. The van der Waals surface area contributed by atoms with E-state index in [-0.39, 0.29) is 11.8 Å². The van der Waals surface area contributed by atoms with Crippen LogP contribution in [0.3, 0.4) is 0 Å². The van der Waals surface area contributed by atoms with Gasteiger partial charge in [-0.1, -0.05) is 61.0 Å². The van der Waals surface area contributed by atoms with E-state index in [2.05, 4.69) is 5.32 Å². The molecule has 0 saturated heterocycles. The highest BCUT2D eigenvalue weighted by molar-refractivity contribution is 6.30. The Labute approximate surface area is 184 Å². The fourth-order valence-electron chi connectivity index (χ4n) is 3.19. The number of carbonyl (C=O) groups excluding carboxylic acids is 2. The zero-order valence-corrected chi connectivity index (χ0v) is 18.5. The van der Waals surface area contributed by atoms with E-state index in [4.69, 9.17) is 16.3 Å². The summed E-state index contributed by atoms with van der Waals surface area (Å²) in [6, 6.07) is 16.6. The number of benzene rings is 2. The van der Waals surface area contributed by atoms with Crippen LogP contribution in [0.25, 0.3) is 0 Å². The second-order valence-corrected chi connectivity index (χ2v) is 7.49. The Morgan fingerprint density at radius 2 is 1.73 bits per heavy atom. The number of nitrogens with zero attached hydrogens (tertiary/aromatic N) is 1. The number of amides is 2. The Bertz CT molecular complexity index is 781. The van der Waals surface area contributed by atoms with E-state index in [9.17, 15) is 9.59 Å². The molecule has 0 bridgehead atoms. The summed E-state index contributed by atoms with van der Waals surface area (Å²) in [5.41, 5.74) is 1.94. The van der Waals surface area contributed by atoms with E-state index < -0.39 is 6.04 Å². The molecule has 2 rings (SSSR count). The fraction of sp³-hybridized carbons (Fsp3) is 0.417. The van der Waals surface area contributed by atoms with Crippen molar-refractivity contribution in [1.29, 1.82) is 0 Å². The van der Waals surface area contributed by atoms with Gasteiger partial charge in [0.05, 0.1) is 0 Å². The zero-order chi connectivity index (χ0) is 21.8. The lowest BCUT2D eigenvalue weighted by molar-refractivity contribution is -0.141. The molecule has 0 fully saturated rings. The van der Waals surface area contributed by atoms with Gasteiger partial charge < -0.3 is 15.0 Å². The summed E-state index contributed by atoms with van der Waals surface area (Å²) in [6.07, 6.45) is 1.52. The quantitative estimate of drug-likeness (QED) is 0.512. The molecular formula is C24H31ClN2O3. The maximum absolute atomic E-state index is 13.1. The number of carbonyl (C=O) groups is 2. The van der Waals surface area contributed by atoms with Crippen LogP contribution in [-0.2, 0) is 27.3 Å². The van der Waals surface area contributed by atoms with Crippen LogP contribution >= 0.6 is 11.6 Å². The molecule has 1 unspecified atom stereocenters. The summed E-state index contributed by atoms with van der Waals surface area (Å²) in [5.74, 6) is -0.207. The van der Waals surface area contributed by atoms with Crippen molar-refractivity contribution in [2.24, 2.45) is 0 Å². The van der Waals surface area contributed by atoms with Crippen LogP contribution in [0.1, 0.15) is 37.8 Å². The number of ether oxygens (including phenoxy) is 1. The Hall–Kier alpha value is -2.37. The second kappa shape index (κ2) is 13.0. The molecular weight excluding hydrogens is 400 g/mol. The van der Waals surface area contributed by atoms with Gasteiger partial charge in [-0.15, -0.1) is 0 Å². The van der Waals surface area contributed by atoms with Crippen molar-refractivity contribution in [2.75, 3.05) is 19.8 Å². The van der Waals surface area contributed by atoms with Gasteiger partial charge in [-0.3, -0.25) is 9.59 Å². The molecule has 0 aliphatic heterocycles. The number of hydrogen-bond acceptors (Lipinski definition) is 3. The van der Waals surface area contributed by atoms with E-state index in [0.29, 0.717) is 44.2 Å². The number of nitrogens with one attached hydrogen (secondary N) is 1. The molecule has 1 N–H and O–H groups in total. The lowest BCUT2D eigenvalue weighted by atomic mass is 10.0. The first-order valence-electron chi connectivity index (χ1n) is 10.5. The summed E-state index contributed by atoms with van der Waals surface area (Å²) in [7, 11) is 0. The minimum Gasteiger partial charge on any atom is -0.382 e. The SMILES string of the molecule is CCOCCCNC(=O)C(Cc1ccccc1)N(Cc1ccc(Cl)cc1)C(=O)CC. The summed E-state index contributed by atoms with van der Waals surface area (Å²) in [4.78, 5) is 27.6. The first-order valence-corrected chi connectivity index (χ1v) is 10.9. The Morgan fingerprint density at radius 1 is 1.03 bits per heavy atom. The predicted octanol–water partition coefficient (Wildman–Crippen LogP) is 4.23. The molecule has 30 heavy (non-hydrogen) atoms. The maximum Gasteiger partial charge on any atom is 0.243 e. The van der Waals surface area contributed by atoms with E-state index in [1.165, 1.54) is 0 Å².